The molecule has 1 aliphatic heterocycles. The van der Waals surface area contributed by atoms with Gasteiger partial charge in [-0.2, -0.15) is 0 Å². The van der Waals surface area contributed by atoms with Crippen LogP contribution in [0.1, 0.15) is 17.3 Å². The number of amides is 1. The minimum Gasteiger partial charge on any atom is -0.379 e. The van der Waals surface area contributed by atoms with Gasteiger partial charge in [0, 0.05) is 25.0 Å². The Balaban J connectivity index is 1.44. The third-order valence-corrected chi connectivity index (χ3v) is 5.01. The molecule has 0 bridgehead atoms. The van der Waals surface area contributed by atoms with Gasteiger partial charge < -0.3 is 14.6 Å². The minimum absolute atomic E-state index is 0.0393. The van der Waals surface area contributed by atoms with Crippen molar-refractivity contribution in [2.45, 2.75) is 12.5 Å². The summed E-state index contributed by atoms with van der Waals surface area (Å²) in [4.78, 5) is 14.8. The predicted octanol–water partition coefficient (Wildman–Crippen LogP) is 2.70. The molecule has 1 unspecified atom stereocenters. The average molecular weight is 383 g/mol. The number of fused-ring (bicyclic) bond motifs is 1. The first-order chi connectivity index (χ1) is 13.7. The van der Waals surface area contributed by atoms with Crippen LogP contribution in [-0.2, 0) is 16.0 Å². The summed E-state index contributed by atoms with van der Waals surface area (Å²) >= 11 is 0. The van der Waals surface area contributed by atoms with Crippen molar-refractivity contribution in [1.82, 2.24) is 15.4 Å². The number of aromatic nitrogens is 1. The Morgan fingerprint density at radius 1 is 1.14 bits per heavy atom. The van der Waals surface area contributed by atoms with E-state index in [-0.39, 0.29) is 24.2 Å². The molecule has 146 valence electrons. The van der Waals surface area contributed by atoms with E-state index >= 15 is 0 Å². The van der Waals surface area contributed by atoms with Gasteiger partial charge in [0.1, 0.15) is 11.5 Å². The first-order valence-corrected chi connectivity index (χ1v) is 9.38. The summed E-state index contributed by atoms with van der Waals surface area (Å²) in [6.07, 6.45) is 0.149. The number of nitrogens with one attached hydrogen (secondary N) is 1. The maximum atomic E-state index is 13.3. The number of ether oxygens (including phenoxy) is 1. The molecule has 6 nitrogen and oxygen atoms in total. The van der Waals surface area contributed by atoms with Crippen LogP contribution >= 0.6 is 0 Å². The molecule has 0 aliphatic carbocycles. The van der Waals surface area contributed by atoms with E-state index in [1.54, 1.807) is 12.1 Å². The lowest BCUT2D eigenvalue weighted by Gasteiger charge is -2.35. The highest BCUT2D eigenvalue weighted by Gasteiger charge is 2.23. The van der Waals surface area contributed by atoms with Crippen LogP contribution in [0.4, 0.5) is 4.39 Å². The quantitative estimate of drug-likeness (QED) is 0.709. The van der Waals surface area contributed by atoms with E-state index in [9.17, 15) is 9.18 Å². The molecular weight excluding hydrogens is 361 g/mol. The van der Waals surface area contributed by atoms with Crippen molar-refractivity contribution < 1.29 is 18.4 Å². The zero-order valence-corrected chi connectivity index (χ0v) is 15.4. The molecule has 28 heavy (non-hydrogen) atoms. The Bertz CT molecular complexity index is 935. The molecule has 1 fully saturated rings. The van der Waals surface area contributed by atoms with Gasteiger partial charge in [-0.15, -0.1) is 0 Å². The molecule has 1 saturated heterocycles. The summed E-state index contributed by atoms with van der Waals surface area (Å²) in [7, 11) is 0. The standard InChI is InChI=1S/C21H22FN3O3/c22-16-7-5-15(6-8-16)19(25-9-11-27-12-10-25)14-23-21(26)13-18-17-3-1-2-4-20(17)28-24-18/h1-8,19H,9-14H2,(H,23,26). The Morgan fingerprint density at radius 3 is 2.68 bits per heavy atom. The zero-order chi connectivity index (χ0) is 19.3. The first-order valence-electron chi connectivity index (χ1n) is 9.38. The summed E-state index contributed by atoms with van der Waals surface area (Å²) < 4.78 is 24.0. The van der Waals surface area contributed by atoms with E-state index in [0.29, 0.717) is 31.0 Å². The molecule has 4 rings (SSSR count). The summed E-state index contributed by atoms with van der Waals surface area (Å²) in [5, 5.41) is 7.86. The Hall–Kier alpha value is -2.77. The van der Waals surface area contributed by atoms with E-state index in [1.165, 1.54) is 12.1 Å². The maximum absolute atomic E-state index is 13.3. The lowest BCUT2D eigenvalue weighted by atomic mass is 10.0. The number of morpholine rings is 1. The van der Waals surface area contributed by atoms with Crippen LogP contribution in [0.3, 0.4) is 0 Å². The highest BCUT2D eigenvalue weighted by atomic mass is 19.1. The molecular formula is C21H22FN3O3. The monoisotopic (exact) mass is 383 g/mol. The number of benzene rings is 2. The van der Waals surface area contributed by atoms with Gasteiger partial charge in [0.05, 0.1) is 25.7 Å². The topological polar surface area (TPSA) is 67.6 Å². The highest BCUT2D eigenvalue weighted by Crippen LogP contribution is 2.22. The van der Waals surface area contributed by atoms with Crippen LogP contribution in [0.2, 0.25) is 0 Å². The lowest BCUT2D eigenvalue weighted by molar-refractivity contribution is -0.120. The van der Waals surface area contributed by atoms with Crippen LogP contribution in [0.15, 0.2) is 53.1 Å². The third kappa shape index (κ3) is 4.21. The number of rotatable bonds is 6. The van der Waals surface area contributed by atoms with Crippen molar-refractivity contribution in [3.8, 4) is 0 Å². The summed E-state index contributed by atoms with van der Waals surface area (Å²) in [6.45, 7) is 3.27. The van der Waals surface area contributed by atoms with Crippen molar-refractivity contribution >= 4 is 16.9 Å². The second-order valence-electron chi connectivity index (χ2n) is 6.82. The van der Waals surface area contributed by atoms with Gasteiger partial charge in [0.15, 0.2) is 5.58 Å². The van der Waals surface area contributed by atoms with Crippen molar-refractivity contribution in [2.24, 2.45) is 0 Å². The van der Waals surface area contributed by atoms with Crippen LogP contribution in [0.5, 0.6) is 0 Å². The fourth-order valence-corrected chi connectivity index (χ4v) is 3.52. The number of nitrogens with zero attached hydrogens (tertiary/aromatic N) is 2. The molecule has 2 aromatic carbocycles. The molecule has 3 aromatic rings. The fourth-order valence-electron chi connectivity index (χ4n) is 3.52. The first kappa shape index (κ1) is 18.6. The van der Waals surface area contributed by atoms with Crippen molar-refractivity contribution in [3.63, 3.8) is 0 Å². The average Bonchev–Trinajstić information content (AvgIpc) is 3.13. The SMILES string of the molecule is O=C(Cc1noc2ccccc12)NCC(c1ccc(F)cc1)N1CCOCC1. The molecule has 0 saturated carbocycles. The van der Waals surface area contributed by atoms with Crippen molar-refractivity contribution in [1.29, 1.82) is 0 Å². The fraction of sp³-hybridized carbons (Fsp3) is 0.333. The second kappa shape index (κ2) is 8.50. The van der Waals surface area contributed by atoms with Gasteiger partial charge in [0.25, 0.3) is 0 Å². The number of para-hydroxylation sites is 1. The van der Waals surface area contributed by atoms with Crippen LogP contribution < -0.4 is 5.32 Å². The van der Waals surface area contributed by atoms with Crippen LogP contribution in [0, 0.1) is 5.82 Å². The Kier molecular flexibility index (Phi) is 5.64. The zero-order valence-electron chi connectivity index (χ0n) is 15.4. The van der Waals surface area contributed by atoms with E-state index in [4.69, 9.17) is 9.26 Å². The molecule has 1 aliphatic rings. The Labute approximate surface area is 162 Å². The van der Waals surface area contributed by atoms with Crippen molar-refractivity contribution in [3.05, 3.63) is 65.6 Å². The molecule has 1 N–H and O–H groups in total. The largest absolute Gasteiger partial charge is 0.379 e. The lowest BCUT2D eigenvalue weighted by Crippen LogP contribution is -2.44. The predicted molar refractivity (Wildman–Crippen MR) is 102 cm³/mol. The van der Waals surface area contributed by atoms with Gasteiger partial charge in [0.2, 0.25) is 5.91 Å². The molecule has 7 heteroatoms. The highest BCUT2D eigenvalue weighted by molar-refractivity contribution is 5.86. The van der Waals surface area contributed by atoms with Gasteiger partial charge in [-0.1, -0.05) is 29.4 Å². The summed E-state index contributed by atoms with van der Waals surface area (Å²) in [5.74, 6) is -0.397. The number of carbonyl (C=O) groups is 1. The van der Waals surface area contributed by atoms with E-state index < -0.39 is 0 Å². The summed E-state index contributed by atoms with van der Waals surface area (Å²) in [6, 6.07) is 13.9. The second-order valence-corrected chi connectivity index (χ2v) is 6.82. The number of hydrogen-bond acceptors (Lipinski definition) is 5. The molecule has 1 amide bonds. The number of carbonyl (C=O) groups excluding carboxylic acids is 1. The van der Waals surface area contributed by atoms with Crippen LogP contribution in [0.25, 0.3) is 11.0 Å². The molecule has 0 spiro atoms. The van der Waals surface area contributed by atoms with Crippen LogP contribution in [-0.4, -0.2) is 48.8 Å². The summed E-state index contributed by atoms with van der Waals surface area (Å²) in [5.41, 5.74) is 2.26. The number of hydrogen-bond donors (Lipinski definition) is 1. The van der Waals surface area contributed by atoms with Gasteiger partial charge >= 0.3 is 0 Å². The molecule has 2 heterocycles. The number of halogens is 1. The molecule has 1 atom stereocenters. The maximum Gasteiger partial charge on any atom is 0.226 e. The third-order valence-electron chi connectivity index (χ3n) is 5.01. The van der Waals surface area contributed by atoms with E-state index in [2.05, 4.69) is 15.4 Å². The Morgan fingerprint density at radius 2 is 1.89 bits per heavy atom. The van der Waals surface area contributed by atoms with E-state index in [0.717, 1.165) is 24.0 Å². The van der Waals surface area contributed by atoms with Gasteiger partial charge in [-0.3, -0.25) is 9.69 Å². The molecule has 1 aromatic heterocycles. The van der Waals surface area contributed by atoms with Gasteiger partial charge in [-0.05, 0) is 29.8 Å². The minimum atomic E-state index is -0.272. The van der Waals surface area contributed by atoms with Crippen molar-refractivity contribution in [2.75, 3.05) is 32.8 Å². The van der Waals surface area contributed by atoms with E-state index in [1.807, 2.05) is 24.3 Å². The molecule has 0 radical (unpaired) electrons. The smallest absolute Gasteiger partial charge is 0.226 e. The normalized spacial score (nSPS) is 16.2. The van der Waals surface area contributed by atoms with Gasteiger partial charge in [-0.25, -0.2) is 4.39 Å².